The summed E-state index contributed by atoms with van der Waals surface area (Å²) in [4.78, 5) is 21.0. The van der Waals surface area contributed by atoms with Gasteiger partial charge in [0.15, 0.2) is 0 Å². The zero-order valence-corrected chi connectivity index (χ0v) is 9.52. The van der Waals surface area contributed by atoms with Gasteiger partial charge in [0.05, 0.1) is 6.61 Å². The molecular formula is C10H18O3S. The first-order chi connectivity index (χ1) is 6.68. The zero-order valence-electron chi connectivity index (χ0n) is 8.62. The van der Waals surface area contributed by atoms with Gasteiger partial charge >= 0.3 is 5.97 Å². The molecule has 0 aliphatic carbocycles. The molecule has 0 N–H and O–H groups in total. The lowest BCUT2D eigenvalue weighted by Crippen LogP contribution is -2.12. The van der Waals surface area contributed by atoms with Gasteiger partial charge in [-0.3, -0.25) is 4.79 Å². The van der Waals surface area contributed by atoms with Gasteiger partial charge in [-0.05, 0) is 6.42 Å². The molecule has 0 saturated carbocycles. The minimum Gasteiger partial charge on any atom is -0.459 e. The van der Waals surface area contributed by atoms with E-state index in [9.17, 15) is 9.59 Å². The Kier molecular flexibility index (Phi) is 8.73. The minimum atomic E-state index is -0.845. The van der Waals surface area contributed by atoms with Gasteiger partial charge < -0.3 is 4.74 Å². The third-order valence-electron chi connectivity index (χ3n) is 1.91. The van der Waals surface area contributed by atoms with Gasteiger partial charge in [-0.2, -0.15) is 0 Å². The molecule has 0 aromatic carbocycles. The van der Waals surface area contributed by atoms with Gasteiger partial charge in [-0.1, -0.05) is 51.7 Å². The molecule has 0 aliphatic rings. The predicted octanol–water partition coefficient (Wildman–Crippen LogP) is 2.35. The van der Waals surface area contributed by atoms with Crippen LogP contribution in [0, 0.1) is 0 Å². The van der Waals surface area contributed by atoms with E-state index < -0.39 is 11.1 Å². The Morgan fingerprint density at radius 2 is 1.64 bits per heavy atom. The molecule has 0 saturated heterocycles. The first-order valence-electron chi connectivity index (χ1n) is 5.08. The van der Waals surface area contributed by atoms with Crippen molar-refractivity contribution in [2.45, 2.75) is 45.4 Å². The molecule has 4 heteroatoms. The minimum absolute atomic E-state index is 0.331. The first-order valence-corrected chi connectivity index (χ1v) is 5.53. The van der Waals surface area contributed by atoms with Gasteiger partial charge in [0, 0.05) is 0 Å². The number of esters is 1. The molecule has 0 aliphatic heterocycles. The monoisotopic (exact) mass is 218 g/mol. The average Bonchev–Trinajstić information content (AvgIpc) is 2.16. The SMILES string of the molecule is CCCCCCCCOC(=O)C(=O)S. The Bertz CT molecular complexity index is 180. The molecule has 0 unspecified atom stereocenters. The van der Waals surface area contributed by atoms with Crippen molar-refractivity contribution in [1.29, 1.82) is 0 Å². The molecular weight excluding hydrogens is 200 g/mol. The van der Waals surface area contributed by atoms with E-state index in [0.29, 0.717) is 6.61 Å². The predicted molar refractivity (Wildman–Crippen MR) is 58.3 cm³/mol. The number of hydrogen-bond acceptors (Lipinski definition) is 3. The second-order valence-corrected chi connectivity index (χ2v) is 3.62. The van der Waals surface area contributed by atoms with Crippen LogP contribution in [-0.2, 0) is 14.3 Å². The van der Waals surface area contributed by atoms with E-state index in [0.717, 1.165) is 12.8 Å². The van der Waals surface area contributed by atoms with Gasteiger partial charge in [-0.25, -0.2) is 4.79 Å². The van der Waals surface area contributed by atoms with Gasteiger partial charge in [0.25, 0.3) is 5.12 Å². The summed E-state index contributed by atoms with van der Waals surface area (Å²) in [6.07, 6.45) is 6.76. The molecule has 3 nitrogen and oxygen atoms in total. The molecule has 14 heavy (non-hydrogen) atoms. The highest BCUT2D eigenvalue weighted by atomic mass is 32.1. The van der Waals surface area contributed by atoms with Crippen LogP contribution in [0.25, 0.3) is 0 Å². The molecule has 0 bridgehead atoms. The second kappa shape index (κ2) is 9.06. The van der Waals surface area contributed by atoms with Crippen LogP contribution in [0.1, 0.15) is 45.4 Å². The van der Waals surface area contributed by atoms with Crippen LogP contribution >= 0.6 is 12.6 Å². The van der Waals surface area contributed by atoms with Crippen LogP contribution in [0.2, 0.25) is 0 Å². The maximum Gasteiger partial charge on any atom is 0.385 e. The maximum absolute atomic E-state index is 10.6. The van der Waals surface area contributed by atoms with Crippen molar-refractivity contribution in [3.05, 3.63) is 0 Å². The smallest absolute Gasteiger partial charge is 0.385 e. The first kappa shape index (κ1) is 13.5. The fourth-order valence-electron chi connectivity index (χ4n) is 1.11. The summed E-state index contributed by atoms with van der Waals surface area (Å²) in [6, 6.07) is 0. The quantitative estimate of drug-likeness (QED) is 0.294. The normalized spacial score (nSPS) is 9.86. The van der Waals surface area contributed by atoms with Crippen LogP contribution in [0.15, 0.2) is 0 Å². The van der Waals surface area contributed by atoms with Crippen molar-refractivity contribution >= 4 is 23.7 Å². The van der Waals surface area contributed by atoms with Gasteiger partial charge in [-0.15, -0.1) is 0 Å². The highest BCUT2D eigenvalue weighted by Crippen LogP contribution is 2.04. The summed E-state index contributed by atoms with van der Waals surface area (Å²) in [7, 11) is 0. The Hall–Kier alpha value is -0.510. The van der Waals surface area contributed by atoms with E-state index in [1.165, 1.54) is 25.7 Å². The van der Waals surface area contributed by atoms with E-state index in [-0.39, 0.29) is 0 Å². The standard InChI is InChI=1S/C10H18O3S/c1-2-3-4-5-6-7-8-13-9(11)10(12)14/h2-8H2,1H3,(H,12,14). The van der Waals surface area contributed by atoms with Crippen molar-refractivity contribution in [2.24, 2.45) is 0 Å². The molecule has 0 amide bonds. The lowest BCUT2D eigenvalue weighted by Gasteiger charge is -2.01. The van der Waals surface area contributed by atoms with Crippen molar-refractivity contribution < 1.29 is 14.3 Å². The van der Waals surface area contributed by atoms with Crippen LogP contribution in [-0.4, -0.2) is 17.7 Å². The number of hydrogen-bond donors (Lipinski definition) is 1. The Morgan fingerprint density at radius 3 is 2.21 bits per heavy atom. The number of thiol groups is 1. The lowest BCUT2D eigenvalue weighted by atomic mass is 10.1. The van der Waals surface area contributed by atoms with Crippen LogP contribution in [0.3, 0.4) is 0 Å². The topological polar surface area (TPSA) is 43.4 Å². The van der Waals surface area contributed by atoms with Crippen LogP contribution in [0.5, 0.6) is 0 Å². The number of rotatable bonds is 8. The Labute approximate surface area is 90.6 Å². The van der Waals surface area contributed by atoms with E-state index in [2.05, 4.69) is 24.3 Å². The second-order valence-electron chi connectivity index (χ2n) is 3.21. The summed E-state index contributed by atoms with van der Waals surface area (Å²) in [5.41, 5.74) is 0. The summed E-state index contributed by atoms with van der Waals surface area (Å²) < 4.78 is 4.65. The lowest BCUT2D eigenvalue weighted by molar-refractivity contribution is -0.150. The van der Waals surface area contributed by atoms with Crippen LogP contribution in [0.4, 0.5) is 0 Å². The summed E-state index contributed by atoms with van der Waals surface area (Å²) >= 11 is 3.35. The van der Waals surface area contributed by atoms with E-state index in [1.54, 1.807) is 0 Å². The molecule has 0 aromatic heterocycles. The van der Waals surface area contributed by atoms with Crippen LogP contribution < -0.4 is 0 Å². The third kappa shape index (κ3) is 8.10. The number of ether oxygens (including phenoxy) is 1. The van der Waals surface area contributed by atoms with Gasteiger partial charge in [0.2, 0.25) is 0 Å². The summed E-state index contributed by atoms with van der Waals surface area (Å²) in [5.74, 6) is -0.845. The third-order valence-corrected chi connectivity index (χ3v) is 2.09. The van der Waals surface area contributed by atoms with E-state index in [4.69, 9.17) is 0 Å². The molecule has 0 rings (SSSR count). The number of carbonyl (C=O) groups is 2. The number of carbonyl (C=O) groups excluding carboxylic acids is 2. The van der Waals surface area contributed by atoms with E-state index in [1.807, 2.05) is 0 Å². The average molecular weight is 218 g/mol. The Morgan fingerprint density at radius 1 is 1.07 bits per heavy atom. The molecule has 0 radical (unpaired) electrons. The van der Waals surface area contributed by atoms with E-state index >= 15 is 0 Å². The van der Waals surface area contributed by atoms with Crippen molar-refractivity contribution in [3.8, 4) is 0 Å². The maximum atomic E-state index is 10.6. The zero-order chi connectivity index (χ0) is 10.8. The largest absolute Gasteiger partial charge is 0.459 e. The number of unbranched alkanes of at least 4 members (excludes halogenated alkanes) is 5. The molecule has 0 fully saturated rings. The fourth-order valence-corrected chi connectivity index (χ4v) is 1.17. The highest BCUT2D eigenvalue weighted by Gasteiger charge is 2.08. The molecule has 0 atom stereocenters. The molecule has 0 aromatic rings. The van der Waals surface area contributed by atoms with Crippen molar-refractivity contribution in [2.75, 3.05) is 6.61 Å². The summed E-state index contributed by atoms with van der Waals surface area (Å²) in [6.45, 7) is 2.50. The van der Waals surface area contributed by atoms with Crippen molar-refractivity contribution in [1.82, 2.24) is 0 Å². The summed E-state index contributed by atoms with van der Waals surface area (Å²) in [5, 5.41) is -0.823. The van der Waals surface area contributed by atoms with Gasteiger partial charge in [0.1, 0.15) is 0 Å². The Balaban J connectivity index is 3.13. The highest BCUT2D eigenvalue weighted by molar-refractivity contribution is 7.98. The molecule has 0 heterocycles. The van der Waals surface area contributed by atoms with Crippen molar-refractivity contribution in [3.63, 3.8) is 0 Å². The fraction of sp³-hybridized carbons (Fsp3) is 0.800. The molecule has 0 spiro atoms. The molecule has 82 valence electrons.